The summed E-state index contributed by atoms with van der Waals surface area (Å²) in [5, 5.41) is 0. The van der Waals surface area contributed by atoms with Gasteiger partial charge in [-0.1, -0.05) is 13.8 Å². The van der Waals surface area contributed by atoms with Gasteiger partial charge in [-0.05, 0) is 25.6 Å². The highest BCUT2D eigenvalue weighted by Gasteiger charge is 2.24. The van der Waals surface area contributed by atoms with E-state index in [0.717, 1.165) is 12.6 Å². The minimum absolute atomic E-state index is 0.0826. The Morgan fingerprint density at radius 2 is 1.95 bits per heavy atom. The molecule has 116 valence electrons. The number of aromatic nitrogens is 2. The van der Waals surface area contributed by atoms with Crippen LogP contribution in [0.2, 0.25) is 0 Å². The monoisotopic (exact) mass is 315 g/mol. The highest BCUT2D eigenvalue weighted by molar-refractivity contribution is 6.16. The van der Waals surface area contributed by atoms with E-state index in [0.29, 0.717) is 17.9 Å². The number of hydrogen-bond acceptors (Lipinski definition) is 2. The van der Waals surface area contributed by atoms with Gasteiger partial charge < -0.3 is 9.47 Å². The summed E-state index contributed by atoms with van der Waals surface area (Å²) in [6.07, 6.45) is 0. The number of alkyl halides is 1. The van der Waals surface area contributed by atoms with Crippen molar-refractivity contribution in [1.82, 2.24) is 14.5 Å². The quantitative estimate of drug-likeness (QED) is 0.785. The van der Waals surface area contributed by atoms with E-state index in [9.17, 15) is 8.78 Å². The lowest BCUT2D eigenvalue weighted by atomic mass is 9.92. The molecule has 0 N–H and O–H groups in total. The van der Waals surface area contributed by atoms with Crippen LogP contribution in [0.15, 0.2) is 12.1 Å². The Bertz CT molecular complexity index is 650. The summed E-state index contributed by atoms with van der Waals surface area (Å²) >= 11 is 5.92. The third kappa shape index (κ3) is 3.52. The molecule has 0 amide bonds. The highest BCUT2D eigenvalue weighted by Crippen LogP contribution is 2.27. The van der Waals surface area contributed by atoms with Crippen LogP contribution in [0.5, 0.6) is 0 Å². The first-order valence-electron chi connectivity index (χ1n) is 6.78. The molecule has 0 bridgehead atoms. The topological polar surface area (TPSA) is 21.1 Å². The third-order valence-electron chi connectivity index (χ3n) is 3.30. The summed E-state index contributed by atoms with van der Waals surface area (Å²) in [7, 11) is 3.99. The van der Waals surface area contributed by atoms with Crippen LogP contribution >= 0.6 is 11.6 Å². The van der Waals surface area contributed by atoms with E-state index < -0.39 is 11.6 Å². The number of hydrogen-bond donors (Lipinski definition) is 0. The zero-order valence-corrected chi connectivity index (χ0v) is 13.5. The lowest BCUT2D eigenvalue weighted by Gasteiger charge is -2.29. The van der Waals surface area contributed by atoms with Gasteiger partial charge >= 0.3 is 0 Å². The Labute approximate surface area is 128 Å². The lowest BCUT2D eigenvalue weighted by molar-refractivity contribution is 0.212. The summed E-state index contributed by atoms with van der Waals surface area (Å²) in [5.74, 6) is -0.537. The average molecular weight is 316 g/mol. The maximum atomic E-state index is 13.9. The Hall–Kier alpha value is -1.20. The summed E-state index contributed by atoms with van der Waals surface area (Å²) < 4.78 is 29.2. The van der Waals surface area contributed by atoms with Gasteiger partial charge in [0, 0.05) is 19.2 Å². The van der Waals surface area contributed by atoms with E-state index in [1.54, 1.807) is 0 Å². The van der Waals surface area contributed by atoms with E-state index in [4.69, 9.17) is 11.6 Å². The van der Waals surface area contributed by atoms with Crippen LogP contribution in [0.25, 0.3) is 11.0 Å². The molecule has 1 aromatic carbocycles. The largest absolute Gasteiger partial charge is 0.326 e. The molecule has 2 aromatic rings. The van der Waals surface area contributed by atoms with Crippen LogP contribution in [0, 0.1) is 17.0 Å². The van der Waals surface area contributed by atoms with Crippen LogP contribution < -0.4 is 0 Å². The molecular weight excluding hydrogens is 296 g/mol. The van der Waals surface area contributed by atoms with Crippen molar-refractivity contribution in [3.05, 3.63) is 29.6 Å². The van der Waals surface area contributed by atoms with Gasteiger partial charge in [-0.2, -0.15) is 0 Å². The van der Waals surface area contributed by atoms with Crippen LogP contribution in [0.1, 0.15) is 19.7 Å². The fourth-order valence-electron chi connectivity index (χ4n) is 2.81. The molecule has 0 saturated heterocycles. The Kier molecular flexibility index (Phi) is 4.54. The van der Waals surface area contributed by atoms with Crippen LogP contribution in [-0.4, -0.2) is 35.1 Å². The number of rotatable bonds is 5. The second-order valence-electron chi connectivity index (χ2n) is 6.41. The third-order valence-corrected chi connectivity index (χ3v) is 3.54. The highest BCUT2D eigenvalue weighted by atomic mass is 35.5. The second kappa shape index (κ2) is 5.89. The average Bonchev–Trinajstić information content (AvgIpc) is 2.65. The second-order valence-corrected chi connectivity index (χ2v) is 6.67. The molecule has 2 rings (SSSR count). The molecule has 0 spiro atoms. The van der Waals surface area contributed by atoms with Gasteiger partial charge in [-0.3, -0.25) is 0 Å². The molecule has 3 nitrogen and oxygen atoms in total. The summed E-state index contributed by atoms with van der Waals surface area (Å²) in [6, 6.07) is 2.16. The van der Waals surface area contributed by atoms with Crippen molar-refractivity contribution >= 4 is 22.6 Å². The number of benzene rings is 1. The van der Waals surface area contributed by atoms with Crippen LogP contribution in [-0.2, 0) is 12.4 Å². The summed E-state index contributed by atoms with van der Waals surface area (Å²) in [6.45, 7) is 5.64. The molecule has 0 atom stereocenters. The van der Waals surface area contributed by atoms with Crippen molar-refractivity contribution in [3.63, 3.8) is 0 Å². The normalized spacial score (nSPS) is 12.6. The SMILES string of the molecule is CN(C)CC(C)(C)Cn1c(CCl)nc2c(F)cc(F)cc21. The van der Waals surface area contributed by atoms with E-state index in [1.807, 2.05) is 18.7 Å². The van der Waals surface area contributed by atoms with E-state index >= 15 is 0 Å². The smallest absolute Gasteiger partial charge is 0.153 e. The number of nitrogens with zero attached hydrogens (tertiary/aromatic N) is 3. The first-order valence-corrected chi connectivity index (χ1v) is 7.32. The van der Waals surface area contributed by atoms with Crippen molar-refractivity contribution < 1.29 is 8.78 Å². The minimum Gasteiger partial charge on any atom is -0.326 e. The number of halogens is 3. The van der Waals surface area contributed by atoms with E-state index in [2.05, 4.69) is 23.7 Å². The van der Waals surface area contributed by atoms with Crippen molar-refractivity contribution in [3.8, 4) is 0 Å². The first kappa shape index (κ1) is 16.2. The Morgan fingerprint density at radius 3 is 2.52 bits per heavy atom. The van der Waals surface area contributed by atoms with Gasteiger partial charge in [0.05, 0.1) is 11.4 Å². The maximum absolute atomic E-state index is 13.9. The molecule has 0 aliphatic carbocycles. The Morgan fingerprint density at radius 1 is 1.29 bits per heavy atom. The van der Waals surface area contributed by atoms with Gasteiger partial charge in [-0.15, -0.1) is 11.6 Å². The fourth-order valence-corrected chi connectivity index (χ4v) is 3.01. The zero-order chi connectivity index (χ0) is 15.8. The lowest BCUT2D eigenvalue weighted by Crippen LogP contribution is -2.32. The summed E-state index contributed by atoms with van der Waals surface area (Å²) in [5.41, 5.74) is 0.545. The minimum atomic E-state index is -0.652. The predicted molar refractivity (Wildman–Crippen MR) is 81.5 cm³/mol. The Balaban J connectivity index is 2.51. The predicted octanol–water partition coefficient (Wildman–Crippen LogP) is 3.64. The van der Waals surface area contributed by atoms with Gasteiger partial charge in [-0.25, -0.2) is 13.8 Å². The standard InChI is InChI=1S/C15H20ClF2N3/c1-15(2,8-20(3)4)9-21-12-6-10(17)5-11(18)14(12)19-13(21)7-16/h5-6H,7-9H2,1-4H3. The fraction of sp³-hybridized carbons (Fsp3) is 0.533. The molecule has 0 aliphatic heterocycles. The first-order chi connectivity index (χ1) is 9.73. The molecular formula is C15H20ClF2N3. The van der Waals surface area contributed by atoms with Gasteiger partial charge in [0.25, 0.3) is 0 Å². The molecule has 1 heterocycles. The van der Waals surface area contributed by atoms with Crippen molar-refractivity contribution in [2.24, 2.45) is 5.41 Å². The number of imidazole rings is 1. The molecule has 0 radical (unpaired) electrons. The van der Waals surface area contributed by atoms with Gasteiger partial charge in [0.1, 0.15) is 17.2 Å². The van der Waals surface area contributed by atoms with Crippen LogP contribution in [0.4, 0.5) is 8.78 Å². The summed E-state index contributed by atoms with van der Waals surface area (Å²) in [4.78, 5) is 6.29. The van der Waals surface area contributed by atoms with Crippen LogP contribution in [0.3, 0.4) is 0 Å². The van der Waals surface area contributed by atoms with Crippen molar-refractivity contribution in [2.45, 2.75) is 26.3 Å². The zero-order valence-electron chi connectivity index (χ0n) is 12.8. The van der Waals surface area contributed by atoms with Gasteiger partial charge in [0.2, 0.25) is 0 Å². The van der Waals surface area contributed by atoms with Gasteiger partial charge in [0.15, 0.2) is 5.82 Å². The molecule has 0 fully saturated rings. The number of fused-ring (bicyclic) bond motifs is 1. The van der Waals surface area contributed by atoms with E-state index in [-0.39, 0.29) is 16.8 Å². The molecule has 21 heavy (non-hydrogen) atoms. The molecule has 1 aromatic heterocycles. The molecule has 0 saturated carbocycles. The van der Waals surface area contributed by atoms with E-state index in [1.165, 1.54) is 6.07 Å². The molecule has 0 aliphatic rings. The van der Waals surface area contributed by atoms with Crippen molar-refractivity contribution in [1.29, 1.82) is 0 Å². The molecule has 0 unspecified atom stereocenters. The maximum Gasteiger partial charge on any atom is 0.153 e. The molecule has 6 heteroatoms. The van der Waals surface area contributed by atoms with Crippen molar-refractivity contribution in [2.75, 3.05) is 20.6 Å².